The zero-order valence-electron chi connectivity index (χ0n) is 29.6. The minimum atomic E-state index is -2.95. The van der Waals surface area contributed by atoms with Crippen molar-refractivity contribution in [2.24, 2.45) is 11.8 Å². The highest BCUT2D eigenvalue weighted by molar-refractivity contribution is 6.25. The molecule has 3 aliphatic rings. The third-order valence-electron chi connectivity index (χ3n) is 10.4. The second-order valence-corrected chi connectivity index (χ2v) is 15.1. The molecule has 11 nitrogen and oxygen atoms in total. The predicted molar refractivity (Wildman–Crippen MR) is 192 cm³/mol. The van der Waals surface area contributed by atoms with Gasteiger partial charge < -0.3 is 35.7 Å². The van der Waals surface area contributed by atoms with E-state index in [9.17, 15) is 39.9 Å². The first-order chi connectivity index (χ1) is 24.0. The van der Waals surface area contributed by atoms with Crippen molar-refractivity contribution in [3.63, 3.8) is 0 Å². The van der Waals surface area contributed by atoms with Crippen LogP contribution in [0.3, 0.4) is 0 Å². The second kappa shape index (κ2) is 13.0. The van der Waals surface area contributed by atoms with Crippen molar-refractivity contribution in [2.75, 3.05) is 19.0 Å². The SMILES string of the molecule is CC1c2ccc(N(Cc3ccccc3)Cc3ccccc3)c(O)c2C(O)=C2C(=O)C3(O)C(O)=C(C(=O)NC(C)(C)C)C(=O)C(N(C)C)C3C(O)C21. The van der Waals surface area contributed by atoms with Gasteiger partial charge in [0.05, 0.1) is 29.3 Å². The maximum atomic E-state index is 14.7. The highest BCUT2D eigenvalue weighted by atomic mass is 16.4. The number of benzene rings is 3. The largest absolute Gasteiger partial charge is 0.508 e. The summed E-state index contributed by atoms with van der Waals surface area (Å²) >= 11 is 0. The fourth-order valence-corrected chi connectivity index (χ4v) is 8.08. The first-order valence-electron chi connectivity index (χ1n) is 17.0. The zero-order chi connectivity index (χ0) is 37.2. The van der Waals surface area contributed by atoms with Gasteiger partial charge in [0, 0.05) is 30.1 Å². The maximum Gasteiger partial charge on any atom is 0.258 e. The zero-order valence-corrected chi connectivity index (χ0v) is 29.6. The number of aliphatic hydroxyl groups excluding tert-OH is 3. The molecule has 11 heteroatoms. The van der Waals surface area contributed by atoms with E-state index in [1.165, 1.54) is 19.0 Å². The molecule has 3 aromatic rings. The van der Waals surface area contributed by atoms with Crippen LogP contribution >= 0.6 is 0 Å². The Morgan fingerprint density at radius 1 is 0.882 bits per heavy atom. The molecule has 1 amide bonds. The van der Waals surface area contributed by atoms with E-state index in [0.717, 1.165) is 11.1 Å². The number of nitrogens with zero attached hydrogens (tertiary/aromatic N) is 2. The molecule has 0 saturated heterocycles. The number of phenols is 1. The van der Waals surface area contributed by atoms with Crippen LogP contribution in [0.2, 0.25) is 0 Å². The Balaban J connectivity index is 1.52. The molecule has 6 atom stereocenters. The number of anilines is 1. The average Bonchev–Trinajstić information content (AvgIpc) is 3.06. The van der Waals surface area contributed by atoms with Gasteiger partial charge in [0.25, 0.3) is 5.91 Å². The Bertz CT molecular complexity index is 1910. The van der Waals surface area contributed by atoms with Crippen molar-refractivity contribution in [3.8, 4) is 5.75 Å². The van der Waals surface area contributed by atoms with Crippen LogP contribution in [0.1, 0.15) is 55.9 Å². The van der Waals surface area contributed by atoms with Crippen LogP contribution < -0.4 is 10.2 Å². The van der Waals surface area contributed by atoms with Gasteiger partial charge >= 0.3 is 0 Å². The molecule has 1 fully saturated rings. The van der Waals surface area contributed by atoms with Crippen LogP contribution in [-0.2, 0) is 27.5 Å². The third kappa shape index (κ3) is 5.88. The van der Waals surface area contributed by atoms with Crippen LogP contribution in [0.5, 0.6) is 5.75 Å². The number of hydrogen-bond acceptors (Lipinski definition) is 10. The first kappa shape index (κ1) is 35.8. The normalized spacial score (nSPS) is 26.1. The van der Waals surface area contributed by atoms with Gasteiger partial charge in [0.1, 0.15) is 22.8 Å². The van der Waals surface area contributed by atoms with Crippen molar-refractivity contribution in [2.45, 2.75) is 70.0 Å². The third-order valence-corrected chi connectivity index (χ3v) is 10.4. The van der Waals surface area contributed by atoms with Gasteiger partial charge in [0.2, 0.25) is 5.78 Å². The summed E-state index contributed by atoms with van der Waals surface area (Å²) in [5, 5.41) is 62.5. The molecule has 0 aliphatic heterocycles. The van der Waals surface area contributed by atoms with Crippen molar-refractivity contribution < 1.29 is 39.9 Å². The van der Waals surface area contributed by atoms with Crippen molar-refractivity contribution in [1.29, 1.82) is 0 Å². The van der Waals surface area contributed by atoms with Crippen LogP contribution in [0.15, 0.2) is 89.7 Å². The molecule has 0 heterocycles. The summed E-state index contributed by atoms with van der Waals surface area (Å²) in [6, 6.07) is 21.4. The van der Waals surface area contributed by atoms with E-state index in [2.05, 4.69) is 5.32 Å². The molecule has 268 valence electrons. The summed E-state index contributed by atoms with van der Waals surface area (Å²) in [5.41, 5.74) is -2.27. The molecule has 0 aromatic heterocycles. The van der Waals surface area contributed by atoms with Crippen LogP contribution in [-0.4, -0.2) is 85.3 Å². The summed E-state index contributed by atoms with van der Waals surface area (Å²) in [6.07, 6.45) is -1.65. The standard InChI is InChI=1S/C40H45N3O8/c1-21-24-17-18-25(43(19-22-13-9-7-10-14-22)20-23-15-11-8-12-16-23)32(44)27(24)33(45)28-26(21)34(46)30-31(42(5)6)35(47)29(38(50)41-39(2,3)4)37(49)40(30,51)36(28)48/h7-18,21,26,30-31,34,44-46,49,51H,19-20H2,1-6H3,(H,41,50). The number of Topliss-reactive ketones (excluding diaryl/α,β-unsaturated/α-hetero) is 2. The van der Waals surface area contributed by atoms with Gasteiger partial charge in [-0.3, -0.25) is 19.3 Å². The van der Waals surface area contributed by atoms with Crippen molar-refractivity contribution in [3.05, 3.63) is 112 Å². The quantitative estimate of drug-likeness (QED) is 0.198. The first-order valence-corrected chi connectivity index (χ1v) is 17.0. The van der Waals surface area contributed by atoms with E-state index in [4.69, 9.17) is 0 Å². The maximum absolute atomic E-state index is 14.7. The number of nitrogens with one attached hydrogen (secondary N) is 1. The van der Waals surface area contributed by atoms with Crippen LogP contribution in [0.25, 0.3) is 5.76 Å². The summed E-state index contributed by atoms with van der Waals surface area (Å²) in [5.74, 6) is -8.58. The van der Waals surface area contributed by atoms with Crippen molar-refractivity contribution >= 4 is 28.9 Å². The Kier molecular flexibility index (Phi) is 9.12. The van der Waals surface area contributed by atoms with Gasteiger partial charge in [-0.05, 0) is 63.5 Å². The van der Waals surface area contributed by atoms with Gasteiger partial charge in [-0.2, -0.15) is 0 Å². The summed E-state index contributed by atoms with van der Waals surface area (Å²) < 4.78 is 0. The molecule has 1 saturated carbocycles. The number of fused-ring (bicyclic) bond motifs is 3. The van der Waals surface area contributed by atoms with E-state index < -0.39 is 81.2 Å². The fraction of sp³-hybridized carbons (Fsp3) is 0.375. The lowest BCUT2D eigenvalue weighted by Gasteiger charge is -2.54. The number of amides is 1. The molecular weight excluding hydrogens is 650 g/mol. The molecule has 6 N–H and O–H groups in total. The molecule has 0 bridgehead atoms. The Labute approximate surface area is 297 Å². The lowest BCUT2D eigenvalue weighted by atomic mass is 9.54. The second-order valence-electron chi connectivity index (χ2n) is 15.1. The molecule has 3 aromatic carbocycles. The number of aliphatic hydroxyl groups is 4. The summed E-state index contributed by atoms with van der Waals surface area (Å²) in [7, 11) is 3.03. The highest BCUT2D eigenvalue weighted by Gasteiger charge is 2.68. The lowest BCUT2D eigenvalue weighted by Crippen LogP contribution is -2.70. The minimum absolute atomic E-state index is 0.0369. The molecule has 6 rings (SSSR count). The van der Waals surface area contributed by atoms with Gasteiger partial charge in [-0.15, -0.1) is 0 Å². The molecule has 6 unspecified atom stereocenters. The number of carbonyl (C=O) groups excluding carboxylic acids is 3. The summed E-state index contributed by atoms with van der Waals surface area (Å²) in [4.78, 5) is 45.3. The van der Waals surface area contributed by atoms with Gasteiger partial charge in [-0.25, -0.2) is 0 Å². The van der Waals surface area contributed by atoms with Gasteiger partial charge in [0.15, 0.2) is 11.4 Å². The Morgan fingerprint density at radius 2 is 1.43 bits per heavy atom. The average molecular weight is 696 g/mol. The van der Waals surface area contributed by atoms with Crippen LogP contribution in [0, 0.1) is 11.8 Å². The summed E-state index contributed by atoms with van der Waals surface area (Å²) in [6.45, 7) is 7.53. The van der Waals surface area contributed by atoms with Gasteiger partial charge in [-0.1, -0.05) is 73.7 Å². The monoisotopic (exact) mass is 695 g/mol. The van der Waals surface area contributed by atoms with E-state index in [0.29, 0.717) is 24.3 Å². The topological polar surface area (TPSA) is 171 Å². The van der Waals surface area contributed by atoms with E-state index in [-0.39, 0.29) is 11.3 Å². The lowest BCUT2D eigenvalue weighted by molar-refractivity contribution is -0.169. The number of aromatic hydroxyl groups is 1. The molecule has 0 radical (unpaired) electrons. The fourth-order valence-electron chi connectivity index (χ4n) is 8.08. The van der Waals surface area contributed by atoms with Crippen molar-refractivity contribution in [1.82, 2.24) is 10.2 Å². The highest BCUT2D eigenvalue weighted by Crippen LogP contribution is 2.57. The Morgan fingerprint density at radius 3 is 1.94 bits per heavy atom. The number of hydrogen-bond donors (Lipinski definition) is 6. The molecule has 0 spiro atoms. The molecule has 3 aliphatic carbocycles. The smallest absolute Gasteiger partial charge is 0.258 e. The Hall–Kier alpha value is -4.97. The van der Waals surface area contributed by atoms with E-state index >= 15 is 0 Å². The number of rotatable bonds is 7. The number of phenolic OH excluding ortho intramolecular Hbond substituents is 1. The predicted octanol–water partition coefficient (Wildman–Crippen LogP) is 4.13. The molecule has 51 heavy (non-hydrogen) atoms. The number of ketones is 2. The minimum Gasteiger partial charge on any atom is -0.508 e. The van der Waals surface area contributed by atoms with E-state index in [1.807, 2.05) is 65.6 Å². The number of carbonyl (C=O) groups is 3. The number of likely N-dealkylation sites (N-methyl/N-ethyl adjacent to an activating group) is 1. The molecular formula is C40H45N3O8. The van der Waals surface area contributed by atoms with E-state index in [1.54, 1.807) is 39.8 Å². The van der Waals surface area contributed by atoms with Crippen LogP contribution in [0.4, 0.5) is 5.69 Å².